The van der Waals surface area contributed by atoms with Crippen molar-refractivity contribution in [2.75, 3.05) is 39.8 Å². The Hall–Kier alpha value is -3.12. The molecule has 0 amide bonds. The monoisotopic (exact) mass is 404 g/mol. The molecule has 0 fully saturated rings. The number of hydrogen-bond acceptors (Lipinski definition) is 6. The van der Waals surface area contributed by atoms with E-state index in [0.29, 0.717) is 0 Å². The van der Waals surface area contributed by atoms with Gasteiger partial charge in [0.15, 0.2) is 11.5 Å². The Morgan fingerprint density at radius 3 is 2.30 bits per heavy atom. The van der Waals surface area contributed by atoms with Crippen LogP contribution in [0.25, 0.3) is 0 Å². The lowest BCUT2D eigenvalue weighted by molar-refractivity contribution is 0.203. The van der Waals surface area contributed by atoms with Crippen LogP contribution in [0.15, 0.2) is 54.9 Å². The standard InChI is InChI=1S/C24H28N4O2/c1-27(2)24-25-14-17(15-26-24)16-28-11-10-19-12-21(29-3)22(30-4)13-20(19)23(28)18-8-6-5-7-9-18/h5-9,12-15,23H,10-11,16H2,1-4H3/t23-/m1/s1. The minimum atomic E-state index is 0.128. The largest absolute Gasteiger partial charge is 0.493 e. The molecule has 1 aromatic heterocycles. The molecule has 0 bridgehead atoms. The molecule has 30 heavy (non-hydrogen) atoms. The topological polar surface area (TPSA) is 50.7 Å². The van der Waals surface area contributed by atoms with Crippen molar-refractivity contribution in [3.8, 4) is 11.5 Å². The van der Waals surface area contributed by atoms with Crippen LogP contribution in [-0.4, -0.2) is 49.7 Å². The summed E-state index contributed by atoms with van der Waals surface area (Å²) in [6, 6.07) is 15.0. The highest BCUT2D eigenvalue weighted by molar-refractivity contribution is 5.51. The lowest BCUT2D eigenvalue weighted by atomic mass is 9.87. The molecule has 6 nitrogen and oxygen atoms in total. The molecule has 4 rings (SSSR count). The van der Waals surface area contributed by atoms with E-state index in [1.807, 2.05) is 31.4 Å². The Kier molecular flexibility index (Phi) is 5.86. The van der Waals surface area contributed by atoms with Crippen LogP contribution in [0, 0.1) is 0 Å². The third-order valence-corrected chi connectivity index (χ3v) is 5.57. The molecule has 0 aliphatic carbocycles. The molecule has 0 N–H and O–H groups in total. The van der Waals surface area contributed by atoms with Crippen LogP contribution < -0.4 is 14.4 Å². The van der Waals surface area contributed by atoms with Crippen LogP contribution >= 0.6 is 0 Å². The van der Waals surface area contributed by atoms with Gasteiger partial charge in [0.2, 0.25) is 5.95 Å². The van der Waals surface area contributed by atoms with Gasteiger partial charge in [0, 0.05) is 45.1 Å². The summed E-state index contributed by atoms with van der Waals surface area (Å²) >= 11 is 0. The van der Waals surface area contributed by atoms with E-state index in [1.54, 1.807) is 14.2 Å². The number of aromatic nitrogens is 2. The van der Waals surface area contributed by atoms with Gasteiger partial charge in [-0.05, 0) is 35.2 Å². The molecule has 1 atom stereocenters. The molecule has 0 unspecified atom stereocenters. The van der Waals surface area contributed by atoms with Crippen LogP contribution in [0.2, 0.25) is 0 Å². The van der Waals surface area contributed by atoms with Crippen LogP contribution in [0.3, 0.4) is 0 Å². The van der Waals surface area contributed by atoms with E-state index >= 15 is 0 Å². The van der Waals surface area contributed by atoms with Gasteiger partial charge in [-0.2, -0.15) is 0 Å². The van der Waals surface area contributed by atoms with Gasteiger partial charge in [0.25, 0.3) is 0 Å². The molecule has 2 aromatic carbocycles. The maximum atomic E-state index is 5.61. The summed E-state index contributed by atoms with van der Waals surface area (Å²) in [5.74, 6) is 2.26. The summed E-state index contributed by atoms with van der Waals surface area (Å²) in [7, 11) is 7.27. The first-order valence-electron chi connectivity index (χ1n) is 10.1. The second kappa shape index (κ2) is 8.71. The smallest absolute Gasteiger partial charge is 0.224 e. The van der Waals surface area contributed by atoms with Crippen molar-refractivity contribution in [1.29, 1.82) is 0 Å². The molecule has 1 aliphatic rings. The number of rotatable bonds is 6. The number of anilines is 1. The van der Waals surface area contributed by atoms with E-state index in [9.17, 15) is 0 Å². The zero-order valence-corrected chi connectivity index (χ0v) is 18.0. The molecule has 0 radical (unpaired) electrons. The fourth-order valence-corrected chi connectivity index (χ4v) is 4.09. The molecule has 0 saturated carbocycles. The second-order valence-corrected chi connectivity index (χ2v) is 7.73. The van der Waals surface area contributed by atoms with E-state index in [-0.39, 0.29) is 6.04 Å². The summed E-state index contributed by atoms with van der Waals surface area (Å²) < 4.78 is 11.1. The van der Waals surface area contributed by atoms with Crippen molar-refractivity contribution < 1.29 is 9.47 Å². The molecular weight excluding hydrogens is 376 g/mol. The van der Waals surface area contributed by atoms with Gasteiger partial charge < -0.3 is 14.4 Å². The van der Waals surface area contributed by atoms with Gasteiger partial charge >= 0.3 is 0 Å². The fourth-order valence-electron chi connectivity index (χ4n) is 4.09. The number of hydrogen-bond donors (Lipinski definition) is 0. The zero-order valence-electron chi connectivity index (χ0n) is 18.0. The highest BCUT2D eigenvalue weighted by atomic mass is 16.5. The van der Waals surface area contributed by atoms with Gasteiger partial charge in [0.05, 0.1) is 20.3 Å². The first-order chi connectivity index (χ1) is 14.6. The predicted molar refractivity (Wildman–Crippen MR) is 118 cm³/mol. The van der Waals surface area contributed by atoms with Crippen LogP contribution in [-0.2, 0) is 13.0 Å². The normalized spacial score (nSPS) is 16.1. The lowest BCUT2D eigenvalue weighted by Crippen LogP contribution is -2.35. The van der Waals surface area contributed by atoms with E-state index in [4.69, 9.17) is 9.47 Å². The Morgan fingerprint density at radius 2 is 1.67 bits per heavy atom. The van der Waals surface area contributed by atoms with Gasteiger partial charge in [-0.15, -0.1) is 0 Å². The molecule has 6 heteroatoms. The molecule has 2 heterocycles. The maximum absolute atomic E-state index is 5.61. The van der Waals surface area contributed by atoms with Crippen molar-refractivity contribution in [2.24, 2.45) is 0 Å². The van der Waals surface area contributed by atoms with Crippen molar-refractivity contribution >= 4 is 5.95 Å². The molecule has 0 spiro atoms. The average molecular weight is 405 g/mol. The minimum absolute atomic E-state index is 0.128. The third-order valence-electron chi connectivity index (χ3n) is 5.57. The van der Waals surface area contributed by atoms with Crippen molar-refractivity contribution in [1.82, 2.24) is 14.9 Å². The molecular formula is C24H28N4O2. The minimum Gasteiger partial charge on any atom is -0.493 e. The molecule has 0 saturated heterocycles. The summed E-state index contributed by atoms with van der Waals surface area (Å²) in [5, 5.41) is 0. The van der Waals surface area contributed by atoms with E-state index < -0.39 is 0 Å². The fraction of sp³-hybridized carbons (Fsp3) is 0.333. The van der Waals surface area contributed by atoms with Crippen molar-refractivity contribution in [2.45, 2.75) is 19.0 Å². The molecule has 3 aromatic rings. The Labute approximate surface area is 178 Å². The first kappa shape index (κ1) is 20.2. The van der Waals surface area contributed by atoms with Crippen molar-refractivity contribution in [3.63, 3.8) is 0 Å². The van der Waals surface area contributed by atoms with Crippen LogP contribution in [0.1, 0.15) is 28.3 Å². The number of nitrogens with zero attached hydrogens (tertiary/aromatic N) is 4. The molecule has 1 aliphatic heterocycles. The van der Waals surface area contributed by atoms with Crippen LogP contribution in [0.5, 0.6) is 11.5 Å². The second-order valence-electron chi connectivity index (χ2n) is 7.73. The highest BCUT2D eigenvalue weighted by Gasteiger charge is 2.30. The number of methoxy groups -OCH3 is 2. The van der Waals surface area contributed by atoms with Crippen LogP contribution in [0.4, 0.5) is 5.95 Å². The predicted octanol–water partition coefficient (Wildman–Crippen LogP) is 3.71. The Balaban J connectivity index is 1.72. The first-order valence-corrected chi connectivity index (χ1v) is 10.1. The number of fused-ring (bicyclic) bond motifs is 1. The van der Waals surface area contributed by atoms with E-state index in [0.717, 1.165) is 42.5 Å². The third kappa shape index (κ3) is 3.96. The number of benzene rings is 2. The average Bonchev–Trinajstić information content (AvgIpc) is 2.79. The quantitative estimate of drug-likeness (QED) is 0.624. The number of ether oxygens (including phenoxy) is 2. The van der Waals surface area contributed by atoms with Gasteiger partial charge in [-0.25, -0.2) is 9.97 Å². The molecule has 156 valence electrons. The van der Waals surface area contributed by atoms with Crippen molar-refractivity contribution in [3.05, 3.63) is 77.1 Å². The summed E-state index contributed by atoms with van der Waals surface area (Å²) in [6.45, 7) is 1.72. The van der Waals surface area contributed by atoms with Gasteiger partial charge in [0.1, 0.15) is 0 Å². The summed E-state index contributed by atoms with van der Waals surface area (Å²) in [4.78, 5) is 13.4. The summed E-state index contributed by atoms with van der Waals surface area (Å²) in [5.41, 5.74) is 4.93. The summed E-state index contributed by atoms with van der Waals surface area (Å²) in [6.07, 6.45) is 4.80. The van der Waals surface area contributed by atoms with E-state index in [1.165, 1.54) is 16.7 Å². The van der Waals surface area contributed by atoms with E-state index in [2.05, 4.69) is 57.3 Å². The Bertz CT molecular complexity index is 990. The lowest BCUT2D eigenvalue weighted by Gasteiger charge is -2.38. The SMILES string of the molecule is COc1cc2c(cc1OC)[C@@H](c1ccccc1)N(Cc1cnc(N(C)C)nc1)CC2. The Morgan fingerprint density at radius 1 is 1.00 bits per heavy atom. The maximum Gasteiger partial charge on any atom is 0.224 e. The van der Waals surface area contributed by atoms with Gasteiger partial charge in [-0.3, -0.25) is 4.90 Å². The van der Waals surface area contributed by atoms with Gasteiger partial charge in [-0.1, -0.05) is 30.3 Å². The highest BCUT2D eigenvalue weighted by Crippen LogP contribution is 2.41. The zero-order chi connectivity index (χ0) is 21.1.